The molecule has 0 aliphatic carbocycles. The Balaban J connectivity index is 1.91. The first-order valence-electron chi connectivity index (χ1n) is 7.67. The lowest BCUT2D eigenvalue weighted by Gasteiger charge is -2.23. The molecule has 0 fully saturated rings. The van der Waals surface area contributed by atoms with Crippen LogP contribution in [0.4, 0.5) is 11.4 Å². The van der Waals surface area contributed by atoms with Crippen molar-refractivity contribution in [3.63, 3.8) is 0 Å². The minimum absolute atomic E-state index is 0.0284. The molecule has 2 rings (SSSR count). The fraction of sp³-hybridized carbons (Fsp3) is 0.353. The second kappa shape index (κ2) is 8.03. The number of amides is 1. The second-order valence-corrected chi connectivity index (χ2v) is 6.71. The van der Waals surface area contributed by atoms with Gasteiger partial charge in [-0.15, -0.1) is 11.3 Å². The number of anilines is 1. The first-order chi connectivity index (χ1) is 11.4. The quantitative estimate of drug-likeness (QED) is 0.607. The fourth-order valence-corrected chi connectivity index (χ4v) is 3.14. The average Bonchev–Trinajstić information content (AvgIpc) is 3.08. The Hall–Kier alpha value is -2.25. The van der Waals surface area contributed by atoms with Gasteiger partial charge >= 0.3 is 0 Å². The third-order valence-electron chi connectivity index (χ3n) is 4.01. The number of hydrogen-bond acceptors (Lipinski definition) is 5. The number of rotatable bonds is 7. The SMILES string of the molecule is Cc1ccc([N+](=O)[O-])cc1NC(=O)CCN(C)[C@@H](C)c1cccs1. The summed E-state index contributed by atoms with van der Waals surface area (Å²) in [5.74, 6) is -0.149. The topological polar surface area (TPSA) is 75.5 Å². The van der Waals surface area contributed by atoms with Gasteiger partial charge in [-0.05, 0) is 37.9 Å². The highest BCUT2D eigenvalue weighted by molar-refractivity contribution is 7.10. The van der Waals surface area contributed by atoms with Crippen LogP contribution in [0.3, 0.4) is 0 Å². The molecule has 1 atom stereocenters. The van der Waals surface area contributed by atoms with Gasteiger partial charge < -0.3 is 5.32 Å². The summed E-state index contributed by atoms with van der Waals surface area (Å²) in [6.45, 7) is 4.53. The number of aryl methyl sites for hydroxylation is 1. The lowest BCUT2D eigenvalue weighted by atomic mass is 10.1. The number of carbonyl (C=O) groups excluding carboxylic acids is 1. The fourth-order valence-electron chi connectivity index (χ4n) is 2.29. The van der Waals surface area contributed by atoms with Gasteiger partial charge in [-0.3, -0.25) is 19.8 Å². The molecule has 24 heavy (non-hydrogen) atoms. The molecule has 1 heterocycles. The summed E-state index contributed by atoms with van der Waals surface area (Å²) in [5, 5.41) is 15.6. The molecule has 7 heteroatoms. The van der Waals surface area contributed by atoms with Crippen molar-refractivity contribution in [2.45, 2.75) is 26.3 Å². The van der Waals surface area contributed by atoms with E-state index in [4.69, 9.17) is 0 Å². The average molecular weight is 347 g/mol. The van der Waals surface area contributed by atoms with Gasteiger partial charge in [0, 0.05) is 36.0 Å². The molecule has 1 aromatic carbocycles. The number of benzene rings is 1. The highest BCUT2D eigenvalue weighted by atomic mass is 32.1. The van der Waals surface area contributed by atoms with Crippen LogP contribution in [0.2, 0.25) is 0 Å². The van der Waals surface area contributed by atoms with Gasteiger partial charge in [-0.1, -0.05) is 12.1 Å². The number of nitro benzene ring substituents is 1. The van der Waals surface area contributed by atoms with E-state index < -0.39 is 4.92 Å². The van der Waals surface area contributed by atoms with Gasteiger partial charge in [-0.25, -0.2) is 0 Å². The summed E-state index contributed by atoms with van der Waals surface area (Å²) >= 11 is 1.70. The van der Waals surface area contributed by atoms with E-state index in [1.165, 1.54) is 17.0 Å². The van der Waals surface area contributed by atoms with Crippen molar-refractivity contribution < 1.29 is 9.72 Å². The van der Waals surface area contributed by atoms with Crippen LogP contribution in [0, 0.1) is 17.0 Å². The zero-order valence-corrected chi connectivity index (χ0v) is 14.8. The first-order valence-corrected chi connectivity index (χ1v) is 8.55. The van der Waals surface area contributed by atoms with Crippen molar-refractivity contribution in [2.75, 3.05) is 18.9 Å². The monoisotopic (exact) mass is 347 g/mol. The van der Waals surface area contributed by atoms with E-state index in [0.717, 1.165) is 5.56 Å². The van der Waals surface area contributed by atoms with Crippen LogP contribution in [-0.4, -0.2) is 29.3 Å². The zero-order valence-electron chi connectivity index (χ0n) is 14.0. The molecule has 0 radical (unpaired) electrons. The molecule has 6 nitrogen and oxygen atoms in total. The van der Waals surface area contributed by atoms with Gasteiger partial charge in [-0.2, -0.15) is 0 Å². The molecule has 0 bridgehead atoms. The van der Waals surface area contributed by atoms with Crippen molar-refractivity contribution in [3.8, 4) is 0 Å². The zero-order chi connectivity index (χ0) is 17.7. The lowest BCUT2D eigenvalue weighted by Crippen LogP contribution is -2.26. The number of nitro groups is 1. The smallest absolute Gasteiger partial charge is 0.271 e. The van der Waals surface area contributed by atoms with Crippen LogP contribution in [0.5, 0.6) is 0 Å². The predicted octanol–water partition coefficient (Wildman–Crippen LogP) is 3.99. The number of non-ortho nitro benzene ring substituents is 1. The van der Waals surface area contributed by atoms with E-state index in [1.54, 1.807) is 17.4 Å². The van der Waals surface area contributed by atoms with E-state index in [1.807, 2.05) is 25.4 Å². The molecule has 1 N–H and O–H groups in total. The Morgan fingerprint density at radius 3 is 2.79 bits per heavy atom. The Morgan fingerprint density at radius 2 is 2.17 bits per heavy atom. The molecular formula is C17H21N3O3S. The van der Waals surface area contributed by atoms with Crippen molar-refractivity contribution in [1.82, 2.24) is 4.90 Å². The van der Waals surface area contributed by atoms with Crippen LogP contribution in [0.15, 0.2) is 35.7 Å². The van der Waals surface area contributed by atoms with Crippen molar-refractivity contribution >= 4 is 28.6 Å². The van der Waals surface area contributed by atoms with Crippen molar-refractivity contribution in [3.05, 3.63) is 56.3 Å². The molecule has 1 amide bonds. The van der Waals surface area contributed by atoms with Gasteiger partial charge in [0.05, 0.1) is 10.6 Å². The summed E-state index contributed by atoms with van der Waals surface area (Å²) in [4.78, 5) is 25.9. The summed E-state index contributed by atoms with van der Waals surface area (Å²) in [5.41, 5.74) is 1.26. The van der Waals surface area contributed by atoms with Crippen LogP contribution in [0.25, 0.3) is 0 Å². The molecule has 0 saturated carbocycles. The normalized spacial score (nSPS) is 12.2. The van der Waals surface area contributed by atoms with E-state index in [0.29, 0.717) is 18.7 Å². The minimum Gasteiger partial charge on any atom is -0.326 e. The maximum Gasteiger partial charge on any atom is 0.271 e. The third kappa shape index (κ3) is 4.62. The van der Waals surface area contributed by atoms with E-state index in [9.17, 15) is 14.9 Å². The summed E-state index contributed by atoms with van der Waals surface area (Å²) < 4.78 is 0. The second-order valence-electron chi connectivity index (χ2n) is 5.73. The molecule has 128 valence electrons. The molecule has 0 unspecified atom stereocenters. The van der Waals surface area contributed by atoms with E-state index >= 15 is 0 Å². The molecule has 0 saturated heterocycles. The highest BCUT2D eigenvalue weighted by Gasteiger charge is 2.15. The van der Waals surface area contributed by atoms with Gasteiger partial charge in [0.2, 0.25) is 5.91 Å². The molecule has 2 aromatic rings. The van der Waals surface area contributed by atoms with Crippen LogP contribution < -0.4 is 5.32 Å². The number of carbonyl (C=O) groups is 1. The molecule has 0 spiro atoms. The van der Waals surface area contributed by atoms with Crippen molar-refractivity contribution in [2.24, 2.45) is 0 Å². The highest BCUT2D eigenvalue weighted by Crippen LogP contribution is 2.24. The number of hydrogen-bond donors (Lipinski definition) is 1. The van der Waals surface area contributed by atoms with Crippen LogP contribution in [0.1, 0.15) is 29.8 Å². The largest absolute Gasteiger partial charge is 0.326 e. The number of thiophene rings is 1. The van der Waals surface area contributed by atoms with E-state index in [2.05, 4.69) is 23.2 Å². The van der Waals surface area contributed by atoms with Crippen molar-refractivity contribution in [1.29, 1.82) is 0 Å². The Kier molecular flexibility index (Phi) is 6.05. The molecule has 0 aliphatic rings. The first kappa shape index (κ1) is 18.1. The molecule has 0 aliphatic heterocycles. The lowest BCUT2D eigenvalue weighted by molar-refractivity contribution is -0.384. The van der Waals surface area contributed by atoms with E-state index in [-0.39, 0.29) is 17.6 Å². The Labute approximate surface area is 145 Å². The van der Waals surface area contributed by atoms with Gasteiger partial charge in [0.1, 0.15) is 0 Å². The summed E-state index contributed by atoms with van der Waals surface area (Å²) in [6, 6.07) is 8.81. The standard InChI is InChI=1S/C17H21N3O3S/c1-12-6-7-14(20(22)23)11-15(12)18-17(21)8-9-19(3)13(2)16-5-4-10-24-16/h4-7,10-11,13H,8-9H2,1-3H3,(H,18,21)/t13-/m0/s1. The maximum absolute atomic E-state index is 12.2. The minimum atomic E-state index is -0.467. The van der Waals surface area contributed by atoms with Crippen LogP contribution >= 0.6 is 11.3 Å². The van der Waals surface area contributed by atoms with Gasteiger partial charge in [0.15, 0.2) is 0 Å². The molecular weight excluding hydrogens is 326 g/mol. The van der Waals surface area contributed by atoms with Gasteiger partial charge in [0.25, 0.3) is 5.69 Å². The predicted molar refractivity (Wildman–Crippen MR) is 96.4 cm³/mol. The maximum atomic E-state index is 12.2. The van der Waals surface area contributed by atoms with Crippen LogP contribution in [-0.2, 0) is 4.79 Å². The Morgan fingerprint density at radius 1 is 1.42 bits per heavy atom. The molecule has 1 aromatic heterocycles. The number of nitrogens with one attached hydrogen (secondary N) is 1. The summed E-state index contributed by atoms with van der Waals surface area (Å²) in [6.07, 6.45) is 0.328. The third-order valence-corrected chi connectivity index (χ3v) is 5.06. The number of nitrogens with zero attached hydrogens (tertiary/aromatic N) is 2. The Bertz CT molecular complexity index is 716. The summed E-state index contributed by atoms with van der Waals surface area (Å²) in [7, 11) is 1.98.